The number of aromatic nitrogens is 2. The first-order valence-electron chi connectivity index (χ1n) is 7.00. The van der Waals surface area contributed by atoms with E-state index in [1.165, 1.54) is 24.0 Å². The number of rotatable bonds is 4. The number of amides is 1. The third-order valence-corrected chi connectivity index (χ3v) is 4.59. The predicted octanol–water partition coefficient (Wildman–Crippen LogP) is 1.59. The zero-order chi connectivity index (χ0) is 15.3. The molecular weight excluding hydrogens is 288 g/mol. The van der Waals surface area contributed by atoms with Gasteiger partial charge in [-0.3, -0.25) is 9.59 Å². The van der Waals surface area contributed by atoms with Crippen molar-refractivity contribution in [2.45, 2.75) is 55.0 Å². The monoisotopic (exact) mass is 306 g/mol. The van der Waals surface area contributed by atoms with E-state index in [1.54, 1.807) is 6.92 Å². The number of H-pyrrole nitrogens is 1. The summed E-state index contributed by atoms with van der Waals surface area (Å²) in [4.78, 5) is 30.0. The molecule has 1 heterocycles. The number of hydrogen-bond acceptors (Lipinski definition) is 5. The highest BCUT2D eigenvalue weighted by Crippen LogP contribution is 2.28. The Labute approximate surface area is 127 Å². The molecule has 0 radical (unpaired) electrons. The first kappa shape index (κ1) is 15.6. The van der Waals surface area contributed by atoms with Crippen LogP contribution in [0.4, 0.5) is 0 Å². The van der Waals surface area contributed by atoms with Gasteiger partial charge in [-0.05, 0) is 19.8 Å². The van der Waals surface area contributed by atoms with Crippen molar-refractivity contribution in [2.75, 3.05) is 0 Å². The second-order valence-corrected chi connectivity index (χ2v) is 6.57. The van der Waals surface area contributed by atoms with Crippen LogP contribution in [0.1, 0.15) is 39.0 Å². The molecule has 112 valence electrons. The van der Waals surface area contributed by atoms with Gasteiger partial charge in [0, 0.05) is 12.3 Å². The van der Waals surface area contributed by atoms with Gasteiger partial charge < -0.3 is 10.3 Å². The van der Waals surface area contributed by atoms with E-state index < -0.39 is 10.8 Å². The molecule has 1 aliphatic carbocycles. The molecule has 6 nitrogen and oxygen atoms in total. The number of hydrogen-bond donors (Lipinski definition) is 2. The lowest BCUT2D eigenvalue weighted by Crippen LogP contribution is -2.50. The average Bonchev–Trinajstić information content (AvgIpc) is 2.48. The van der Waals surface area contributed by atoms with Gasteiger partial charge in [-0.25, -0.2) is 4.98 Å². The summed E-state index contributed by atoms with van der Waals surface area (Å²) in [6.07, 6.45) is 5.84. The molecule has 1 aliphatic rings. The Morgan fingerprint density at radius 2 is 2.24 bits per heavy atom. The molecule has 0 aliphatic heterocycles. The quantitative estimate of drug-likeness (QED) is 0.650. The van der Waals surface area contributed by atoms with Crippen LogP contribution in [0.2, 0.25) is 0 Å². The predicted molar refractivity (Wildman–Crippen MR) is 79.7 cm³/mol. The fourth-order valence-corrected chi connectivity index (χ4v) is 3.17. The minimum atomic E-state index is -0.734. The molecule has 1 atom stereocenters. The highest BCUT2D eigenvalue weighted by atomic mass is 32.2. The van der Waals surface area contributed by atoms with Crippen LogP contribution in [-0.4, -0.2) is 26.7 Å². The number of aromatic amines is 1. The van der Waals surface area contributed by atoms with E-state index in [-0.39, 0.29) is 11.5 Å². The van der Waals surface area contributed by atoms with Gasteiger partial charge in [-0.15, -0.1) is 0 Å². The lowest BCUT2D eigenvalue weighted by atomic mass is 9.83. The second kappa shape index (κ2) is 6.76. The van der Waals surface area contributed by atoms with Crippen LogP contribution in [0.5, 0.6) is 0 Å². The standard InChI is InChI=1S/C14H18N4O2S/c1-10(21-13-16-8-5-11(19)17-13)12(20)18-14(9-15)6-3-2-4-7-14/h5,8,10H,2-4,6-7H2,1H3,(H,18,20)(H,16,17,19)/t10-/m1/s1. The van der Waals surface area contributed by atoms with Crippen molar-refractivity contribution in [3.63, 3.8) is 0 Å². The van der Waals surface area contributed by atoms with Crippen LogP contribution >= 0.6 is 11.8 Å². The van der Waals surface area contributed by atoms with Crippen molar-refractivity contribution < 1.29 is 4.79 Å². The van der Waals surface area contributed by atoms with Gasteiger partial charge in [-0.1, -0.05) is 31.0 Å². The maximum Gasteiger partial charge on any atom is 0.251 e. The Hall–Kier alpha value is -1.81. The van der Waals surface area contributed by atoms with Crippen molar-refractivity contribution >= 4 is 17.7 Å². The molecule has 1 saturated carbocycles. The number of carbonyl (C=O) groups excluding carboxylic acids is 1. The topological polar surface area (TPSA) is 98.6 Å². The number of nitriles is 1. The molecule has 2 rings (SSSR count). The van der Waals surface area contributed by atoms with E-state index in [1.807, 2.05) is 0 Å². The molecule has 2 N–H and O–H groups in total. The summed E-state index contributed by atoms with van der Waals surface area (Å²) in [6, 6.07) is 3.58. The molecule has 1 aromatic heterocycles. The molecule has 1 aromatic rings. The van der Waals surface area contributed by atoms with Crippen LogP contribution in [-0.2, 0) is 4.79 Å². The van der Waals surface area contributed by atoms with Gasteiger partial charge >= 0.3 is 0 Å². The van der Waals surface area contributed by atoms with Crippen LogP contribution in [0.25, 0.3) is 0 Å². The van der Waals surface area contributed by atoms with Gasteiger partial charge in [0.25, 0.3) is 5.56 Å². The maximum atomic E-state index is 12.3. The summed E-state index contributed by atoms with van der Waals surface area (Å²) in [6.45, 7) is 1.74. The van der Waals surface area contributed by atoms with E-state index >= 15 is 0 Å². The summed E-state index contributed by atoms with van der Waals surface area (Å²) in [7, 11) is 0. The fourth-order valence-electron chi connectivity index (χ4n) is 2.39. The maximum absolute atomic E-state index is 12.3. The Bertz CT molecular complexity index is 601. The fraction of sp³-hybridized carbons (Fsp3) is 0.571. The largest absolute Gasteiger partial charge is 0.337 e. The molecule has 0 spiro atoms. The number of nitrogens with one attached hydrogen (secondary N) is 2. The summed E-state index contributed by atoms with van der Waals surface area (Å²) in [5, 5.41) is 12.2. The lowest BCUT2D eigenvalue weighted by molar-refractivity contribution is -0.121. The highest BCUT2D eigenvalue weighted by Gasteiger charge is 2.34. The Morgan fingerprint density at radius 3 is 2.86 bits per heavy atom. The third kappa shape index (κ3) is 4.08. The Morgan fingerprint density at radius 1 is 1.52 bits per heavy atom. The van der Waals surface area contributed by atoms with Crippen molar-refractivity contribution in [3.8, 4) is 6.07 Å². The average molecular weight is 306 g/mol. The SMILES string of the molecule is C[C@@H](Sc1nccc(=O)[nH]1)C(=O)NC1(C#N)CCCCC1. The molecule has 0 saturated heterocycles. The minimum Gasteiger partial charge on any atom is -0.337 e. The van der Waals surface area contributed by atoms with Crippen molar-refractivity contribution in [1.82, 2.24) is 15.3 Å². The van der Waals surface area contributed by atoms with E-state index in [9.17, 15) is 14.9 Å². The van der Waals surface area contributed by atoms with Crippen LogP contribution < -0.4 is 10.9 Å². The molecule has 21 heavy (non-hydrogen) atoms. The van der Waals surface area contributed by atoms with Crippen molar-refractivity contribution in [1.29, 1.82) is 5.26 Å². The highest BCUT2D eigenvalue weighted by molar-refractivity contribution is 8.00. The third-order valence-electron chi connectivity index (χ3n) is 3.59. The van der Waals surface area contributed by atoms with E-state index in [0.29, 0.717) is 18.0 Å². The first-order valence-corrected chi connectivity index (χ1v) is 7.88. The smallest absolute Gasteiger partial charge is 0.251 e. The van der Waals surface area contributed by atoms with Gasteiger partial charge in [0.15, 0.2) is 5.16 Å². The lowest BCUT2D eigenvalue weighted by Gasteiger charge is -2.32. The summed E-state index contributed by atoms with van der Waals surface area (Å²) in [5.41, 5.74) is -0.984. The molecule has 0 bridgehead atoms. The summed E-state index contributed by atoms with van der Waals surface area (Å²) in [5.74, 6) is -0.199. The molecule has 1 amide bonds. The van der Waals surface area contributed by atoms with E-state index in [0.717, 1.165) is 19.3 Å². The molecule has 7 heteroatoms. The van der Waals surface area contributed by atoms with Gasteiger partial charge in [0.05, 0.1) is 11.3 Å². The summed E-state index contributed by atoms with van der Waals surface area (Å²) < 4.78 is 0. The van der Waals surface area contributed by atoms with Gasteiger partial charge in [-0.2, -0.15) is 5.26 Å². The Balaban J connectivity index is 1.99. The van der Waals surface area contributed by atoms with Gasteiger partial charge in [0.2, 0.25) is 5.91 Å². The van der Waals surface area contributed by atoms with E-state index in [2.05, 4.69) is 21.4 Å². The van der Waals surface area contributed by atoms with Crippen molar-refractivity contribution in [2.24, 2.45) is 0 Å². The Kier molecular flexibility index (Phi) is 5.02. The zero-order valence-corrected chi connectivity index (χ0v) is 12.7. The van der Waals surface area contributed by atoms with E-state index in [4.69, 9.17) is 0 Å². The normalized spacial score (nSPS) is 18.5. The summed E-state index contributed by atoms with van der Waals surface area (Å²) >= 11 is 1.18. The zero-order valence-electron chi connectivity index (χ0n) is 11.9. The number of thioether (sulfide) groups is 1. The van der Waals surface area contributed by atoms with Crippen LogP contribution in [0.15, 0.2) is 22.2 Å². The molecular formula is C14H18N4O2S. The molecule has 0 unspecified atom stereocenters. The molecule has 0 aromatic carbocycles. The number of nitrogens with zero attached hydrogens (tertiary/aromatic N) is 2. The second-order valence-electron chi connectivity index (χ2n) is 5.24. The van der Waals surface area contributed by atoms with Crippen molar-refractivity contribution in [3.05, 3.63) is 22.6 Å². The first-order chi connectivity index (χ1) is 10.0. The molecule has 1 fully saturated rings. The van der Waals surface area contributed by atoms with Crippen LogP contribution in [0, 0.1) is 11.3 Å². The van der Waals surface area contributed by atoms with Gasteiger partial charge in [0.1, 0.15) is 5.54 Å². The van der Waals surface area contributed by atoms with Crippen LogP contribution in [0.3, 0.4) is 0 Å². The number of carbonyl (C=O) groups is 1. The minimum absolute atomic E-state index is 0.199.